The van der Waals surface area contributed by atoms with Gasteiger partial charge in [-0.25, -0.2) is 4.79 Å². The molecule has 1 aliphatic heterocycles. The summed E-state index contributed by atoms with van der Waals surface area (Å²) in [6, 6.07) is 8.52. The highest BCUT2D eigenvalue weighted by molar-refractivity contribution is 5.85. The highest BCUT2D eigenvalue weighted by atomic mass is 16.4. The van der Waals surface area contributed by atoms with E-state index >= 15 is 0 Å². The quantitative estimate of drug-likeness (QED) is 0.893. The second kappa shape index (κ2) is 6.71. The molecule has 0 spiro atoms. The topological polar surface area (TPSA) is 83.6 Å². The van der Waals surface area contributed by atoms with Gasteiger partial charge in [-0.15, -0.1) is 0 Å². The Morgan fingerprint density at radius 2 is 1.91 bits per heavy atom. The largest absolute Gasteiger partial charge is 0.480 e. The zero-order valence-corrected chi connectivity index (χ0v) is 13.2. The zero-order valence-electron chi connectivity index (χ0n) is 13.2. The lowest BCUT2D eigenvalue weighted by molar-refractivity contribution is -0.150. The van der Waals surface area contributed by atoms with Gasteiger partial charge in [-0.1, -0.05) is 43.2 Å². The summed E-state index contributed by atoms with van der Waals surface area (Å²) in [7, 11) is 0. The molecule has 2 aliphatic rings. The lowest BCUT2D eigenvalue weighted by Crippen LogP contribution is -2.47. The van der Waals surface area contributed by atoms with Crippen molar-refractivity contribution in [3.8, 4) is 0 Å². The van der Waals surface area contributed by atoms with Crippen molar-refractivity contribution in [1.82, 2.24) is 4.90 Å². The molecule has 4 atom stereocenters. The summed E-state index contributed by atoms with van der Waals surface area (Å²) in [6.07, 6.45) is 4.91. The molecule has 3 rings (SSSR count). The maximum atomic E-state index is 12.8. The van der Waals surface area contributed by atoms with E-state index in [-0.39, 0.29) is 24.4 Å². The molecule has 23 heavy (non-hydrogen) atoms. The zero-order chi connectivity index (χ0) is 16.4. The van der Waals surface area contributed by atoms with Crippen LogP contribution in [0.25, 0.3) is 0 Å². The van der Waals surface area contributed by atoms with Crippen LogP contribution in [-0.2, 0) is 9.59 Å². The number of benzene rings is 1. The molecule has 0 bridgehead atoms. The van der Waals surface area contributed by atoms with Crippen molar-refractivity contribution in [3.63, 3.8) is 0 Å². The molecule has 3 N–H and O–H groups in total. The van der Waals surface area contributed by atoms with Crippen molar-refractivity contribution in [2.45, 2.75) is 56.7 Å². The number of aliphatic carboxylic acids is 1. The predicted molar refractivity (Wildman–Crippen MR) is 86.6 cm³/mol. The number of rotatable bonds is 4. The van der Waals surface area contributed by atoms with Crippen LogP contribution in [0.4, 0.5) is 0 Å². The van der Waals surface area contributed by atoms with Gasteiger partial charge in [0.1, 0.15) is 6.04 Å². The van der Waals surface area contributed by atoms with Gasteiger partial charge >= 0.3 is 5.97 Å². The number of hydrogen-bond donors (Lipinski definition) is 2. The first-order valence-electron chi connectivity index (χ1n) is 8.42. The van der Waals surface area contributed by atoms with Gasteiger partial charge in [0.05, 0.1) is 0 Å². The van der Waals surface area contributed by atoms with E-state index < -0.39 is 12.0 Å². The van der Waals surface area contributed by atoms with Crippen molar-refractivity contribution < 1.29 is 14.7 Å². The van der Waals surface area contributed by atoms with E-state index in [0.717, 1.165) is 31.2 Å². The third-order valence-electron chi connectivity index (χ3n) is 5.28. The maximum absolute atomic E-state index is 12.8. The van der Waals surface area contributed by atoms with Crippen molar-refractivity contribution in [2.24, 2.45) is 11.7 Å². The smallest absolute Gasteiger partial charge is 0.326 e. The molecule has 2 fully saturated rings. The SMILES string of the molecule is NC(CC(=O)N1C(C(=O)O)CC2CCCCC21)c1ccccc1. The van der Waals surface area contributed by atoms with Crippen LogP contribution in [0.15, 0.2) is 30.3 Å². The van der Waals surface area contributed by atoms with Crippen LogP contribution in [0.1, 0.15) is 50.1 Å². The van der Waals surface area contributed by atoms with E-state index in [9.17, 15) is 14.7 Å². The molecule has 124 valence electrons. The lowest BCUT2D eigenvalue weighted by atomic mass is 9.84. The Kier molecular flexibility index (Phi) is 4.66. The molecule has 0 radical (unpaired) electrons. The number of carbonyl (C=O) groups excluding carboxylic acids is 1. The van der Waals surface area contributed by atoms with E-state index in [2.05, 4.69) is 0 Å². The molecule has 1 heterocycles. The molecular formula is C18H24N2O3. The minimum atomic E-state index is -0.888. The van der Waals surface area contributed by atoms with Crippen molar-refractivity contribution >= 4 is 11.9 Å². The fourth-order valence-corrected chi connectivity index (χ4v) is 4.15. The van der Waals surface area contributed by atoms with Crippen LogP contribution < -0.4 is 5.73 Å². The minimum Gasteiger partial charge on any atom is -0.480 e. The molecule has 5 nitrogen and oxygen atoms in total. The Morgan fingerprint density at radius 1 is 1.22 bits per heavy atom. The second-order valence-electron chi connectivity index (χ2n) is 6.72. The van der Waals surface area contributed by atoms with Crippen molar-refractivity contribution in [1.29, 1.82) is 0 Å². The van der Waals surface area contributed by atoms with Gasteiger partial charge in [0.15, 0.2) is 0 Å². The van der Waals surface area contributed by atoms with E-state index in [1.165, 1.54) is 0 Å². The normalized spacial score (nSPS) is 28.2. The van der Waals surface area contributed by atoms with E-state index in [1.807, 2.05) is 30.3 Å². The number of nitrogens with two attached hydrogens (primary N) is 1. The van der Waals surface area contributed by atoms with Crippen LogP contribution in [0.2, 0.25) is 0 Å². The average Bonchev–Trinajstić information content (AvgIpc) is 2.95. The Morgan fingerprint density at radius 3 is 2.61 bits per heavy atom. The van der Waals surface area contributed by atoms with Crippen molar-refractivity contribution in [2.75, 3.05) is 0 Å². The summed E-state index contributed by atoms with van der Waals surface area (Å²) < 4.78 is 0. The number of hydrogen-bond acceptors (Lipinski definition) is 3. The van der Waals surface area contributed by atoms with Crippen LogP contribution in [0.3, 0.4) is 0 Å². The molecule has 0 aromatic heterocycles. The average molecular weight is 316 g/mol. The van der Waals surface area contributed by atoms with Crippen molar-refractivity contribution in [3.05, 3.63) is 35.9 Å². The Balaban J connectivity index is 1.74. The molecule has 1 saturated heterocycles. The Hall–Kier alpha value is -1.88. The molecule has 1 aromatic carbocycles. The first kappa shape index (κ1) is 16.0. The number of carboxylic acids is 1. The summed E-state index contributed by atoms with van der Waals surface area (Å²) in [4.78, 5) is 26.0. The van der Waals surface area contributed by atoms with Gasteiger partial charge in [0.25, 0.3) is 0 Å². The number of carboxylic acid groups (broad SMARTS) is 1. The monoisotopic (exact) mass is 316 g/mol. The van der Waals surface area contributed by atoms with Gasteiger partial charge in [-0.3, -0.25) is 4.79 Å². The second-order valence-corrected chi connectivity index (χ2v) is 6.72. The highest BCUT2D eigenvalue weighted by Gasteiger charge is 2.47. The Labute approximate surface area is 136 Å². The summed E-state index contributed by atoms with van der Waals surface area (Å²) in [5, 5.41) is 9.51. The third kappa shape index (κ3) is 3.24. The van der Waals surface area contributed by atoms with Gasteiger partial charge in [-0.05, 0) is 30.7 Å². The number of nitrogens with zero attached hydrogens (tertiary/aromatic N) is 1. The van der Waals surface area contributed by atoms with E-state index in [1.54, 1.807) is 4.90 Å². The summed E-state index contributed by atoms with van der Waals surface area (Å²) >= 11 is 0. The van der Waals surface area contributed by atoms with Crippen LogP contribution >= 0.6 is 0 Å². The summed E-state index contributed by atoms with van der Waals surface area (Å²) in [5.74, 6) is -0.675. The van der Waals surface area contributed by atoms with Crippen LogP contribution in [0, 0.1) is 5.92 Å². The molecule has 1 aliphatic carbocycles. The standard InChI is InChI=1S/C18H24N2O3/c19-14(12-6-2-1-3-7-12)11-17(21)20-15-9-5-4-8-13(15)10-16(20)18(22)23/h1-3,6-7,13-16H,4-5,8-11,19H2,(H,22,23). The highest BCUT2D eigenvalue weighted by Crippen LogP contribution is 2.40. The first-order chi connectivity index (χ1) is 11.1. The van der Waals surface area contributed by atoms with Gasteiger partial charge in [0.2, 0.25) is 5.91 Å². The fraction of sp³-hybridized carbons (Fsp3) is 0.556. The van der Waals surface area contributed by atoms with Crippen LogP contribution in [0.5, 0.6) is 0 Å². The van der Waals surface area contributed by atoms with Gasteiger partial charge in [0, 0.05) is 18.5 Å². The molecule has 1 amide bonds. The van der Waals surface area contributed by atoms with E-state index in [0.29, 0.717) is 12.3 Å². The molecule has 5 heteroatoms. The van der Waals surface area contributed by atoms with Gasteiger partial charge in [-0.2, -0.15) is 0 Å². The molecule has 1 aromatic rings. The summed E-state index contributed by atoms with van der Waals surface area (Å²) in [5.41, 5.74) is 7.07. The maximum Gasteiger partial charge on any atom is 0.326 e. The lowest BCUT2D eigenvalue weighted by Gasteiger charge is -2.33. The minimum absolute atomic E-state index is 0.0836. The molecular weight excluding hydrogens is 292 g/mol. The van der Waals surface area contributed by atoms with Crippen LogP contribution in [-0.4, -0.2) is 34.0 Å². The number of fused-ring (bicyclic) bond motifs is 1. The fourth-order valence-electron chi connectivity index (χ4n) is 4.15. The third-order valence-corrected chi connectivity index (χ3v) is 5.28. The first-order valence-corrected chi connectivity index (χ1v) is 8.42. The number of likely N-dealkylation sites (tertiary alicyclic amines) is 1. The predicted octanol–water partition coefficient (Wildman–Crippen LogP) is 2.32. The molecule has 4 unspecified atom stereocenters. The number of amides is 1. The van der Waals surface area contributed by atoms with Gasteiger partial charge < -0.3 is 15.7 Å². The van der Waals surface area contributed by atoms with E-state index in [4.69, 9.17) is 5.73 Å². The summed E-state index contributed by atoms with van der Waals surface area (Å²) in [6.45, 7) is 0. The molecule has 1 saturated carbocycles. The Bertz CT molecular complexity index is 575. The number of carbonyl (C=O) groups is 2.